The van der Waals surface area contributed by atoms with Crippen LogP contribution in [0.2, 0.25) is 5.02 Å². The van der Waals surface area contributed by atoms with Crippen LogP contribution in [-0.2, 0) is 9.59 Å². The van der Waals surface area contributed by atoms with Gasteiger partial charge >= 0.3 is 11.9 Å². The molecule has 0 atom stereocenters. The average molecular weight is 258 g/mol. The van der Waals surface area contributed by atoms with E-state index in [1.54, 1.807) is 6.07 Å². The van der Waals surface area contributed by atoms with Gasteiger partial charge in [-0.2, -0.15) is 0 Å². The van der Waals surface area contributed by atoms with E-state index in [0.29, 0.717) is 16.5 Å². The van der Waals surface area contributed by atoms with Crippen LogP contribution in [0.25, 0.3) is 0 Å². The van der Waals surface area contributed by atoms with Crippen LogP contribution in [0.1, 0.15) is 13.8 Å². The predicted octanol–water partition coefficient (Wildman–Crippen LogP) is 2.15. The van der Waals surface area contributed by atoms with E-state index in [2.05, 4.69) is 5.32 Å². The Morgan fingerprint density at radius 3 is 2.53 bits per heavy atom. The molecular weight excluding hydrogens is 246 g/mol. The van der Waals surface area contributed by atoms with E-state index in [9.17, 15) is 9.59 Å². The normalized spacial score (nSPS) is 10.1. The number of amides is 1. The molecule has 0 aromatic heterocycles. The molecule has 0 bridgehead atoms. The Kier molecular flexibility index (Phi) is 4.34. The maximum absolute atomic E-state index is 10.9. The van der Waals surface area contributed by atoms with E-state index in [0.717, 1.165) is 0 Å². The average Bonchev–Trinajstić information content (AvgIpc) is 2.21. The molecule has 0 radical (unpaired) electrons. The number of ether oxygens (including phenoxy) is 1. The summed E-state index contributed by atoms with van der Waals surface area (Å²) >= 11 is 5.91. The second-order valence-corrected chi connectivity index (χ2v) is 3.98. The Labute approximate surface area is 103 Å². The van der Waals surface area contributed by atoms with Gasteiger partial charge in [0.1, 0.15) is 5.75 Å². The van der Waals surface area contributed by atoms with Crippen LogP contribution in [0.15, 0.2) is 18.2 Å². The molecule has 1 rings (SSSR count). The lowest BCUT2D eigenvalue weighted by Gasteiger charge is -2.12. The highest BCUT2D eigenvalue weighted by Crippen LogP contribution is 2.28. The number of hydrogen-bond donors (Lipinski definition) is 2. The van der Waals surface area contributed by atoms with Crippen LogP contribution >= 0.6 is 11.6 Å². The summed E-state index contributed by atoms with van der Waals surface area (Å²) in [6.45, 7) is 3.72. The number of carboxylic acids is 1. The monoisotopic (exact) mass is 257 g/mol. The van der Waals surface area contributed by atoms with Gasteiger partial charge in [-0.05, 0) is 32.0 Å². The van der Waals surface area contributed by atoms with Crippen LogP contribution < -0.4 is 10.1 Å². The van der Waals surface area contributed by atoms with Crippen molar-refractivity contribution in [2.45, 2.75) is 20.0 Å². The van der Waals surface area contributed by atoms with Crippen molar-refractivity contribution in [3.05, 3.63) is 23.2 Å². The molecule has 1 aromatic rings. The number of carbonyl (C=O) groups is 2. The van der Waals surface area contributed by atoms with E-state index < -0.39 is 11.9 Å². The van der Waals surface area contributed by atoms with Crippen LogP contribution in [0.5, 0.6) is 5.75 Å². The first-order valence-electron chi connectivity index (χ1n) is 4.90. The van der Waals surface area contributed by atoms with E-state index in [1.165, 1.54) is 12.1 Å². The van der Waals surface area contributed by atoms with E-state index in [-0.39, 0.29) is 6.10 Å². The van der Waals surface area contributed by atoms with Crippen molar-refractivity contribution in [1.82, 2.24) is 0 Å². The fraction of sp³-hybridized carbons (Fsp3) is 0.273. The minimum Gasteiger partial charge on any atom is -0.489 e. The summed E-state index contributed by atoms with van der Waals surface area (Å²) in [4.78, 5) is 21.2. The van der Waals surface area contributed by atoms with Crippen molar-refractivity contribution >= 4 is 29.2 Å². The summed E-state index contributed by atoms with van der Waals surface area (Å²) < 4.78 is 5.39. The summed E-state index contributed by atoms with van der Waals surface area (Å²) in [5, 5.41) is 10.9. The van der Waals surface area contributed by atoms with Crippen LogP contribution in [0.3, 0.4) is 0 Å². The highest BCUT2D eigenvalue weighted by atomic mass is 35.5. The lowest BCUT2D eigenvalue weighted by atomic mass is 10.3. The molecule has 0 heterocycles. The summed E-state index contributed by atoms with van der Waals surface area (Å²) in [5.41, 5.74) is 0.304. The summed E-state index contributed by atoms with van der Waals surface area (Å²) in [6, 6.07) is 4.52. The Hall–Kier alpha value is -1.75. The molecule has 0 saturated heterocycles. The van der Waals surface area contributed by atoms with Crippen molar-refractivity contribution in [2.24, 2.45) is 0 Å². The van der Waals surface area contributed by atoms with Crippen molar-refractivity contribution in [3.8, 4) is 5.75 Å². The number of rotatable bonds is 3. The molecule has 0 aliphatic carbocycles. The van der Waals surface area contributed by atoms with E-state index >= 15 is 0 Å². The number of halogens is 1. The highest BCUT2D eigenvalue weighted by Gasteiger charge is 2.12. The quantitative estimate of drug-likeness (QED) is 0.814. The van der Waals surface area contributed by atoms with E-state index in [4.69, 9.17) is 21.4 Å². The van der Waals surface area contributed by atoms with E-state index in [1.807, 2.05) is 13.8 Å². The zero-order chi connectivity index (χ0) is 13.0. The predicted molar refractivity (Wildman–Crippen MR) is 63.5 cm³/mol. The molecule has 0 spiro atoms. The molecule has 0 fully saturated rings. The molecule has 1 amide bonds. The third-order valence-corrected chi connectivity index (χ3v) is 2.04. The fourth-order valence-electron chi connectivity index (χ4n) is 1.11. The number of benzene rings is 1. The third-order valence-electron chi connectivity index (χ3n) is 1.75. The summed E-state index contributed by atoms with van der Waals surface area (Å²) in [7, 11) is 0. The zero-order valence-electron chi connectivity index (χ0n) is 9.36. The van der Waals surface area contributed by atoms with Crippen molar-refractivity contribution < 1.29 is 19.4 Å². The number of anilines is 1. The van der Waals surface area contributed by atoms with Gasteiger partial charge in [0, 0.05) is 5.69 Å². The van der Waals surface area contributed by atoms with Crippen LogP contribution in [0.4, 0.5) is 5.69 Å². The molecule has 17 heavy (non-hydrogen) atoms. The summed E-state index contributed by atoms with van der Waals surface area (Å²) in [5.74, 6) is -2.18. The first kappa shape index (κ1) is 13.3. The summed E-state index contributed by atoms with van der Waals surface area (Å²) in [6.07, 6.45) is -0.0213. The smallest absolute Gasteiger partial charge is 0.394 e. The second-order valence-electron chi connectivity index (χ2n) is 3.57. The minimum atomic E-state index is -1.55. The maximum Gasteiger partial charge on any atom is 0.394 e. The largest absolute Gasteiger partial charge is 0.489 e. The molecule has 5 nitrogen and oxygen atoms in total. The van der Waals surface area contributed by atoms with Crippen molar-refractivity contribution in [2.75, 3.05) is 5.32 Å². The molecule has 0 aliphatic rings. The number of carbonyl (C=O) groups excluding carboxylic acids is 1. The second kappa shape index (κ2) is 5.54. The van der Waals surface area contributed by atoms with Crippen LogP contribution in [0, 0.1) is 0 Å². The Morgan fingerprint density at radius 1 is 1.41 bits per heavy atom. The van der Waals surface area contributed by atoms with Gasteiger partial charge in [0.05, 0.1) is 11.1 Å². The third kappa shape index (κ3) is 3.96. The molecule has 2 N–H and O–H groups in total. The van der Waals surface area contributed by atoms with Gasteiger partial charge in [0.2, 0.25) is 0 Å². The van der Waals surface area contributed by atoms with Crippen LogP contribution in [-0.4, -0.2) is 23.1 Å². The Balaban J connectivity index is 2.82. The number of aliphatic carboxylic acids is 1. The van der Waals surface area contributed by atoms with Gasteiger partial charge in [-0.1, -0.05) is 11.6 Å². The Bertz CT molecular complexity index is 445. The molecule has 1 aromatic carbocycles. The van der Waals surface area contributed by atoms with Gasteiger partial charge in [-0.3, -0.25) is 4.79 Å². The number of carboxylic acid groups (broad SMARTS) is 1. The molecule has 0 aliphatic heterocycles. The van der Waals surface area contributed by atoms with Gasteiger partial charge in [0.25, 0.3) is 0 Å². The van der Waals surface area contributed by atoms with Crippen molar-refractivity contribution in [1.29, 1.82) is 0 Å². The van der Waals surface area contributed by atoms with Gasteiger partial charge < -0.3 is 15.2 Å². The lowest BCUT2D eigenvalue weighted by Crippen LogP contribution is -2.21. The SMILES string of the molecule is CC(C)Oc1ccc(NC(=O)C(=O)O)cc1Cl. The fourth-order valence-corrected chi connectivity index (χ4v) is 1.34. The molecule has 0 unspecified atom stereocenters. The van der Waals surface area contributed by atoms with Gasteiger partial charge in [0.15, 0.2) is 0 Å². The Morgan fingerprint density at radius 2 is 2.06 bits per heavy atom. The topological polar surface area (TPSA) is 75.6 Å². The molecular formula is C11H12ClNO4. The van der Waals surface area contributed by atoms with Gasteiger partial charge in [-0.15, -0.1) is 0 Å². The lowest BCUT2D eigenvalue weighted by molar-refractivity contribution is -0.147. The van der Waals surface area contributed by atoms with Gasteiger partial charge in [-0.25, -0.2) is 4.79 Å². The van der Waals surface area contributed by atoms with Crippen molar-refractivity contribution in [3.63, 3.8) is 0 Å². The first-order valence-corrected chi connectivity index (χ1v) is 5.28. The molecule has 6 heteroatoms. The highest BCUT2D eigenvalue weighted by molar-refractivity contribution is 6.37. The first-order chi connectivity index (χ1) is 7.90. The zero-order valence-corrected chi connectivity index (χ0v) is 10.1. The number of hydrogen-bond acceptors (Lipinski definition) is 3. The standard InChI is InChI=1S/C11H12ClNO4/c1-6(2)17-9-4-3-7(5-8(9)12)13-10(14)11(15)16/h3-6H,1-2H3,(H,13,14)(H,15,16). The number of nitrogens with one attached hydrogen (secondary N) is 1. The maximum atomic E-state index is 10.9. The minimum absolute atomic E-state index is 0.0213. The molecule has 92 valence electrons. The molecule has 0 saturated carbocycles.